The lowest BCUT2D eigenvalue weighted by Crippen LogP contribution is -2.61. The van der Waals surface area contributed by atoms with Crippen molar-refractivity contribution in [3.8, 4) is 0 Å². The Balaban J connectivity index is 2.59. The third-order valence-electron chi connectivity index (χ3n) is 3.24. The van der Waals surface area contributed by atoms with Crippen molar-refractivity contribution in [3.63, 3.8) is 0 Å². The van der Waals surface area contributed by atoms with Crippen LogP contribution in [0.25, 0.3) is 0 Å². The summed E-state index contributed by atoms with van der Waals surface area (Å²) in [6.07, 6.45) is -5.81. The molecule has 0 aromatic carbocycles. The van der Waals surface area contributed by atoms with E-state index in [2.05, 4.69) is 10.6 Å². The van der Waals surface area contributed by atoms with Gasteiger partial charge >= 0.3 is 6.03 Å². The van der Waals surface area contributed by atoms with E-state index in [1.165, 1.54) is 0 Å². The van der Waals surface area contributed by atoms with Gasteiger partial charge in [-0.25, -0.2) is 4.79 Å². The van der Waals surface area contributed by atoms with E-state index < -0.39 is 36.7 Å². The number of carbonyl (C=O) groups excluding carboxylic acids is 1. The van der Waals surface area contributed by atoms with E-state index in [9.17, 15) is 25.0 Å². The number of rotatable bonds is 8. The number of alkyl halides is 1. The number of nitroso groups, excluding NO2 is 1. The SMILES string of the molecule is CCCO[C@H]1O[C@H](CNC(=O)N(CCCl)N=O)[C@@H](O)[C@H](O)[C@H]1O. The Morgan fingerprint density at radius 1 is 1.35 bits per heavy atom. The molecule has 0 bridgehead atoms. The molecule has 0 radical (unpaired) electrons. The summed E-state index contributed by atoms with van der Waals surface area (Å²) >= 11 is 5.43. The van der Waals surface area contributed by atoms with Gasteiger partial charge in [0.25, 0.3) is 0 Å². The lowest BCUT2D eigenvalue weighted by atomic mass is 9.99. The number of aliphatic hydroxyl groups excluding tert-OH is 3. The predicted octanol–water partition coefficient (Wildman–Crippen LogP) is -0.848. The highest BCUT2D eigenvalue weighted by Gasteiger charge is 2.44. The molecule has 23 heavy (non-hydrogen) atoms. The molecule has 0 aromatic heterocycles. The maximum atomic E-state index is 11.7. The lowest BCUT2D eigenvalue weighted by molar-refractivity contribution is -0.295. The summed E-state index contributed by atoms with van der Waals surface area (Å²) < 4.78 is 10.6. The summed E-state index contributed by atoms with van der Waals surface area (Å²) in [7, 11) is 0. The maximum Gasteiger partial charge on any atom is 0.340 e. The summed E-state index contributed by atoms with van der Waals surface area (Å²) in [6, 6.07) is -0.817. The Bertz CT molecular complexity index is 390. The highest BCUT2D eigenvalue weighted by Crippen LogP contribution is 2.22. The molecule has 1 fully saturated rings. The fourth-order valence-corrected chi connectivity index (χ4v) is 2.16. The van der Waals surface area contributed by atoms with Crippen molar-refractivity contribution < 1.29 is 29.6 Å². The summed E-state index contributed by atoms with van der Waals surface area (Å²) in [5.41, 5.74) is 0. The topological polar surface area (TPSA) is 141 Å². The van der Waals surface area contributed by atoms with Crippen LogP contribution in [-0.4, -0.2) is 82.6 Å². The normalized spacial score (nSPS) is 30.7. The van der Waals surface area contributed by atoms with Crippen LogP contribution >= 0.6 is 11.6 Å². The van der Waals surface area contributed by atoms with E-state index >= 15 is 0 Å². The molecule has 11 heteroatoms. The number of urea groups is 1. The first-order valence-corrected chi connectivity index (χ1v) is 7.75. The Labute approximate surface area is 138 Å². The Morgan fingerprint density at radius 3 is 2.61 bits per heavy atom. The smallest absolute Gasteiger partial charge is 0.340 e. The molecule has 1 rings (SSSR count). The fraction of sp³-hybridized carbons (Fsp3) is 0.917. The van der Waals surface area contributed by atoms with Crippen LogP contribution in [0, 0.1) is 4.91 Å². The van der Waals surface area contributed by atoms with Gasteiger partial charge in [-0.1, -0.05) is 6.92 Å². The fourth-order valence-electron chi connectivity index (χ4n) is 2.00. The average Bonchev–Trinajstić information content (AvgIpc) is 2.55. The van der Waals surface area contributed by atoms with Crippen molar-refractivity contribution in [1.82, 2.24) is 10.3 Å². The van der Waals surface area contributed by atoms with Crippen molar-refractivity contribution in [2.24, 2.45) is 5.29 Å². The molecule has 0 unspecified atom stereocenters. The lowest BCUT2D eigenvalue weighted by Gasteiger charge is -2.40. The minimum absolute atomic E-state index is 0.0273. The summed E-state index contributed by atoms with van der Waals surface area (Å²) in [6.45, 7) is 1.86. The van der Waals surface area contributed by atoms with Crippen LogP contribution < -0.4 is 5.32 Å². The van der Waals surface area contributed by atoms with Crippen LogP contribution in [0.1, 0.15) is 13.3 Å². The largest absolute Gasteiger partial charge is 0.388 e. The van der Waals surface area contributed by atoms with Crippen LogP contribution in [0.3, 0.4) is 0 Å². The van der Waals surface area contributed by atoms with E-state index in [1.54, 1.807) is 0 Å². The summed E-state index contributed by atoms with van der Waals surface area (Å²) in [5, 5.41) is 34.9. The first-order chi connectivity index (χ1) is 11.0. The highest BCUT2D eigenvalue weighted by atomic mass is 35.5. The first-order valence-electron chi connectivity index (χ1n) is 7.22. The number of nitrogens with one attached hydrogen (secondary N) is 1. The molecule has 0 saturated carbocycles. The number of carbonyl (C=O) groups is 1. The Hall–Kier alpha value is -1.04. The van der Waals surface area contributed by atoms with Crippen LogP contribution in [-0.2, 0) is 9.47 Å². The molecule has 134 valence electrons. The molecule has 2 amide bonds. The van der Waals surface area contributed by atoms with Crippen LogP contribution in [0.2, 0.25) is 0 Å². The number of amides is 2. The monoisotopic (exact) mass is 355 g/mol. The molecule has 1 aliphatic heterocycles. The minimum Gasteiger partial charge on any atom is -0.388 e. The van der Waals surface area contributed by atoms with Gasteiger partial charge in [-0.05, 0) is 6.42 Å². The minimum atomic E-state index is -1.49. The highest BCUT2D eigenvalue weighted by molar-refractivity contribution is 6.18. The third kappa shape index (κ3) is 5.52. The van der Waals surface area contributed by atoms with E-state index in [4.69, 9.17) is 21.1 Å². The van der Waals surface area contributed by atoms with Gasteiger partial charge < -0.3 is 30.1 Å². The molecule has 1 saturated heterocycles. The second-order valence-corrected chi connectivity index (χ2v) is 5.34. The van der Waals surface area contributed by atoms with Gasteiger partial charge in [-0.3, -0.25) is 0 Å². The zero-order valence-electron chi connectivity index (χ0n) is 12.7. The standard InChI is InChI=1S/C12H22ClN3O7/c1-2-5-22-11-10(19)9(18)8(17)7(23-11)6-14-12(20)16(15-21)4-3-13/h7-11,17-19H,2-6H2,1H3,(H,14,20)/t7-,8-,9+,10-,11+/m1/s1. The number of hydrogen-bond donors (Lipinski definition) is 4. The number of ether oxygens (including phenoxy) is 2. The molecule has 4 N–H and O–H groups in total. The quantitative estimate of drug-likeness (QED) is 0.252. The second-order valence-electron chi connectivity index (χ2n) is 4.97. The predicted molar refractivity (Wildman–Crippen MR) is 79.5 cm³/mol. The first kappa shape index (κ1) is 20.0. The van der Waals surface area contributed by atoms with Crippen LogP contribution in [0.4, 0.5) is 4.79 Å². The molecule has 0 aromatic rings. The maximum absolute atomic E-state index is 11.7. The average molecular weight is 356 g/mol. The van der Waals surface area contributed by atoms with Gasteiger partial charge in [0, 0.05) is 19.0 Å². The Kier molecular flexibility index (Phi) is 8.66. The molecule has 0 spiro atoms. The van der Waals surface area contributed by atoms with E-state index in [1.807, 2.05) is 6.92 Å². The molecule has 1 aliphatic rings. The van der Waals surface area contributed by atoms with E-state index in [-0.39, 0.29) is 19.0 Å². The number of halogens is 1. The van der Waals surface area contributed by atoms with Gasteiger partial charge in [0.05, 0.1) is 11.8 Å². The van der Waals surface area contributed by atoms with Gasteiger partial charge in [-0.2, -0.15) is 5.01 Å². The van der Waals surface area contributed by atoms with Gasteiger partial charge in [0.2, 0.25) is 0 Å². The summed E-state index contributed by atoms with van der Waals surface area (Å²) in [4.78, 5) is 22.2. The van der Waals surface area contributed by atoms with Crippen molar-refractivity contribution in [2.75, 3.05) is 25.6 Å². The van der Waals surface area contributed by atoms with E-state index in [0.717, 1.165) is 0 Å². The second kappa shape index (κ2) is 9.96. The molecule has 1 heterocycles. The zero-order valence-corrected chi connectivity index (χ0v) is 13.4. The summed E-state index contributed by atoms with van der Waals surface area (Å²) in [5.74, 6) is 0.0273. The van der Waals surface area contributed by atoms with Crippen molar-refractivity contribution >= 4 is 17.6 Å². The molecule has 0 aliphatic carbocycles. The van der Waals surface area contributed by atoms with Crippen molar-refractivity contribution in [3.05, 3.63) is 4.91 Å². The third-order valence-corrected chi connectivity index (χ3v) is 3.41. The zero-order chi connectivity index (χ0) is 17.4. The van der Waals surface area contributed by atoms with Gasteiger partial charge in [0.15, 0.2) is 6.29 Å². The van der Waals surface area contributed by atoms with Crippen LogP contribution in [0.5, 0.6) is 0 Å². The Morgan fingerprint density at radius 2 is 2.04 bits per heavy atom. The van der Waals surface area contributed by atoms with Crippen molar-refractivity contribution in [2.45, 2.75) is 44.1 Å². The molecular weight excluding hydrogens is 334 g/mol. The number of hydrogen-bond acceptors (Lipinski definition) is 8. The molecule has 10 nitrogen and oxygen atoms in total. The van der Waals surface area contributed by atoms with Gasteiger partial charge in [0.1, 0.15) is 24.4 Å². The number of aliphatic hydroxyl groups is 3. The van der Waals surface area contributed by atoms with Crippen LogP contribution in [0.15, 0.2) is 5.29 Å². The van der Waals surface area contributed by atoms with E-state index in [0.29, 0.717) is 18.0 Å². The molecule has 5 atom stereocenters. The molecular formula is C12H22ClN3O7. The number of nitrogens with zero attached hydrogens (tertiary/aromatic N) is 2. The van der Waals surface area contributed by atoms with Crippen molar-refractivity contribution in [1.29, 1.82) is 0 Å². The van der Waals surface area contributed by atoms with Gasteiger partial charge in [-0.15, -0.1) is 16.5 Å².